The summed E-state index contributed by atoms with van der Waals surface area (Å²) in [6.45, 7) is 1.11. The van der Waals surface area contributed by atoms with E-state index in [-0.39, 0.29) is 25.3 Å². The van der Waals surface area contributed by atoms with Crippen molar-refractivity contribution >= 4 is 39.2 Å². The van der Waals surface area contributed by atoms with E-state index in [4.69, 9.17) is 14.5 Å². The second kappa shape index (κ2) is 7.92. The Morgan fingerprint density at radius 1 is 1.17 bits per heavy atom. The Balaban J connectivity index is 1.19. The number of urea groups is 1. The quantitative estimate of drug-likeness (QED) is 0.666. The van der Waals surface area contributed by atoms with E-state index in [0.717, 1.165) is 34.6 Å². The SMILES string of the molecule is O=C(CN1CCCC1c1nc2ccccc2s1)NC(=O)Nc1ccc2c(c1)OCO2. The Labute approximate surface area is 176 Å². The van der Waals surface area contributed by atoms with Crippen LogP contribution in [0.25, 0.3) is 10.2 Å². The van der Waals surface area contributed by atoms with Crippen LogP contribution in [0, 0.1) is 0 Å². The molecule has 8 nitrogen and oxygen atoms in total. The van der Waals surface area contributed by atoms with E-state index in [1.165, 1.54) is 0 Å². The summed E-state index contributed by atoms with van der Waals surface area (Å²) in [5.41, 5.74) is 1.51. The van der Waals surface area contributed by atoms with E-state index in [0.29, 0.717) is 17.2 Å². The fourth-order valence-corrected chi connectivity index (χ4v) is 4.95. The van der Waals surface area contributed by atoms with Crippen molar-refractivity contribution in [3.05, 3.63) is 47.5 Å². The lowest BCUT2D eigenvalue weighted by atomic mass is 10.2. The first-order chi connectivity index (χ1) is 14.7. The maximum absolute atomic E-state index is 12.5. The molecule has 0 bridgehead atoms. The number of amides is 3. The van der Waals surface area contributed by atoms with Crippen LogP contribution < -0.4 is 20.1 Å². The monoisotopic (exact) mass is 424 g/mol. The van der Waals surface area contributed by atoms with Crippen molar-refractivity contribution in [2.75, 3.05) is 25.2 Å². The number of anilines is 1. The highest BCUT2D eigenvalue weighted by Gasteiger charge is 2.30. The minimum Gasteiger partial charge on any atom is -0.454 e. The van der Waals surface area contributed by atoms with Gasteiger partial charge in [0.1, 0.15) is 5.01 Å². The molecule has 2 aliphatic rings. The summed E-state index contributed by atoms with van der Waals surface area (Å²) in [4.78, 5) is 31.5. The number of hydrogen-bond acceptors (Lipinski definition) is 7. The fourth-order valence-electron chi connectivity index (χ4n) is 3.81. The van der Waals surface area contributed by atoms with Crippen LogP contribution in [-0.4, -0.2) is 41.7 Å². The third kappa shape index (κ3) is 3.81. The first kappa shape index (κ1) is 18.8. The van der Waals surface area contributed by atoms with Gasteiger partial charge in [-0.15, -0.1) is 11.3 Å². The maximum Gasteiger partial charge on any atom is 0.325 e. The van der Waals surface area contributed by atoms with Gasteiger partial charge in [-0.2, -0.15) is 0 Å². The lowest BCUT2D eigenvalue weighted by Gasteiger charge is -2.21. The largest absolute Gasteiger partial charge is 0.454 e. The molecule has 1 unspecified atom stereocenters. The molecule has 0 saturated carbocycles. The predicted octanol–water partition coefficient (Wildman–Crippen LogP) is 3.51. The molecule has 9 heteroatoms. The molecule has 2 N–H and O–H groups in total. The molecule has 5 rings (SSSR count). The summed E-state index contributed by atoms with van der Waals surface area (Å²) in [5, 5.41) is 6.07. The van der Waals surface area contributed by atoms with Crippen molar-refractivity contribution in [3.63, 3.8) is 0 Å². The zero-order valence-electron chi connectivity index (χ0n) is 16.1. The molecule has 3 amide bonds. The molecule has 30 heavy (non-hydrogen) atoms. The zero-order chi connectivity index (χ0) is 20.5. The van der Waals surface area contributed by atoms with Gasteiger partial charge in [-0.1, -0.05) is 12.1 Å². The Morgan fingerprint density at radius 3 is 2.93 bits per heavy atom. The lowest BCUT2D eigenvalue weighted by Crippen LogP contribution is -2.41. The van der Waals surface area contributed by atoms with Gasteiger partial charge in [0, 0.05) is 11.8 Å². The Bertz CT molecular complexity index is 1080. The number of carbonyl (C=O) groups excluding carboxylic acids is 2. The number of rotatable bonds is 4. The summed E-state index contributed by atoms with van der Waals surface area (Å²) in [5.74, 6) is 0.850. The smallest absolute Gasteiger partial charge is 0.325 e. The topological polar surface area (TPSA) is 92.8 Å². The standard InChI is InChI=1S/C21H20N4O4S/c26-19(24-21(27)22-13-7-8-16-17(10-13)29-12-28-16)11-25-9-3-5-15(25)20-23-14-4-1-2-6-18(14)30-20/h1-2,4,6-8,10,15H,3,5,9,11-12H2,(H2,22,24,26,27). The molecule has 3 aromatic rings. The van der Waals surface area contributed by atoms with Gasteiger partial charge in [-0.05, 0) is 43.7 Å². The summed E-state index contributed by atoms with van der Waals surface area (Å²) in [6, 6.07) is 12.6. The van der Waals surface area contributed by atoms with E-state index in [2.05, 4.69) is 21.6 Å². The number of fused-ring (bicyclic) bond motifs is 2. The Morgan fingerprint density at radius 2 is 2.03 bits per heavy atom. The predicted molar refractivity (Wildman–Crippen MR) is 113 cm³/mol. The molecular formula is C21H20N4O4S. The van der Waals surface area contributed by atoms with Gasteiger partial charge in [0.15, 0.2) is 11.5 Å². The highest BCUT2D eigenvalue weighted by Crippen LogP contribution is 2.36. The highest BCUT2D eigenvalue weighted by atomic mass is 32.1. The Kier molecular flexibility index (Phi) is 4.97. The fraction of sp³-hybridized carbons (Fsp3) is 0.286. The van der Waals surface area contributed by atoms with Gasteiger partial charge in [-0.25, -0.2) is 9.78 Å². The van der Waals surface area contributed by atoms with Gasteiger partial charge in [0.05, 0.1) is 22.8 Å². The number of para-hydroxylation sites is 1. The van der Waals surface area contributed by atoms with E-state index >= 15 is 0 Å². The number of nitrogens with one attached hydrogen (secondary N) is 2. The number of hydrogen-bond donors (Lipinski definition) is 2. The maximum atomic E-state index is 12.5. The number of ether oxygens (including phenoxy) is 2. The molecule has 1 aromatic heterocycles. The van der Waals surface area contributed by atoms with Gasteiger partial charge in [0.2, 0.25) is 12.7 Å². The van der Waals surface area contributed by atoms with E-state index in [9.17, 15) is 9.59 Å². The number of nitrogens with zero attached hydrogens (tertiary/aromatic N) is 2. The van der Waals surface area contributed by atoms with Crippen molar-refractivity contribution in [2.24, 2.45) is 0 Å². The minimum absolute atomic E-state index is 0.102. The molecule has 0 radical (unpaired) electrons. The van der Waals surface area contributed by atoms with Crippen molar-refractivity contribution < 1.29 is 19.1 Å². The van der Waals surface area contributed by atoms with Gasteiger partial charge < -0.3 is 14.8 Å². The first-order valence-electron chi connectivity index (χ1n) is 9.76. The van der Waals surface area contributed by atoms with Crippen molar-refractivity contribution in [1.82, 2.24) is 15.2 Å². The first-order valence-corrected chi connectivity index (χ1v) is 10.6. The number of carbonyl (C=O) groups is 2. The normalized spacial score (nSPS) is 17.9. The molecule has 1 fully saturated rings. The van der Waals surface area contributed by atoms with Crippen LogP contribution >= 0.6 is 11.3 Å². The average molecular weight is 424 g/mol. The molecule has 2 aliphatic heterocycles. The number of aromatic nitrogens is 1. The van der Waals surface area contributed by atoms with Crippen LogP contribution in [0.15, 0.2) is 42.5 Å². The lowest BCUT2D eigenvalue weighted by molar-refractivity contribution is -0.121. The molecule has 0 aliphatic carbocycles. The van der Waals surface area contributed by atoms with Crippen molar-refractivity contribution in [2.45, 2.75) is 18.9 Å². The minimum atomic E-state index is -0.574. The second-order valence-electron chi connectivity index (χ2n) is 7.22. The van der Waals surface area contributed by atoms with Crippen LogP contribution in [-0.2, 0) is 4.79 Å². The molecule has 1 saturated heterocycles. The van der Waals surface area contributed by atoms with Crippen LogP contribution in [0.3, 0.4) is 0 Å². The molecule has 154 valence electrons. The summed E-state index contributed by atoms with van der Waals surface area (Å²) >= 11 is 1.66. The summed E-state index contributed by atoms with van der Waals surface area (Å²) < 4.78 is 11.7. The zero-order valence-corrected chi connectivity index (χ0v) is 16.9. The van der Waals surface area contributed by atoms with Crippen LogP contribution in [0.4, 0.5) is 10.5 Å². The Hall–Kier alpha value is -3.17. The average Bonchev–Trinajstić information content (AvgIpc) is 3.46. The van der Waals surface area contributed by atoms with Gasteiger partial charge >= 0.3 is 6.03 Å². The molecule has 3 heterocycles. The molecule has 0 spiro atoms. The van der Waals surface area contributed by atoms with Crippen LogP contribution in [0.1, 0.15) is 23.9 Å². The van der Waals surface area contributed by atoms with E-state index < -0.39 is 6.03 Å². The highest BCUT2D eigenvalue weighted by molar-refractivity contribution is 7.18. The van der Waals surface area contributed by atoms with Crippen LogP contribution in [0.5, 0.6) is 11.5 Å². The second-order valence-corrected chi connectivity index (χ2v) is 8.28. The van der Waals surface area contributed by atoms with Gasteiger partial charge in [-0.3, -0.25) is 15.0 Å². The van der Waals surface area contributed by atoms with Crippen molar-refractivity contribution in [3.8, 4) is 11.5 Å². The molecule has 1 atom stereocenters. The number of likely N-dealkylation sites (tertiary alicyclic amines) is 1. The van der Waals surface area contributed by atoms with Crippen molar-refractivity contribution in [1.29, 1.82) is 0 Å². The number of imide groups is 1. The van der Waals surface area contributed by atoms with E-state index in [1.807, 2.05) is 18.2 Å². The van der Waals surface area contributed by atoms with Crippen LogP contribution in [0.2, 0.25) is 0 Å². The third-order valence-corrected chi connectivity index (χ3v) is 6.33. The third-order valence-electron chi connectivity index (χ3n) is 5.19. The van der Waals surface area contributed by atoms with E-state index in [1.54, 1.807) is 29.5 Å². The van der Waals surface area contributed by atoms with Gasteiger partial charge in [0.25, 0.3) is 0 Å². The number of thiazole rings is 1. The summed E-state index contributed by atoms with van der Waals surface area (Å²) in [7, 11) is 0. The summed E-state index contributed by atoms with van der Waals surface area (Å²) in [6.07, 6.45) is 1.95. The molecular weight excluding hydrogens is 404 g/mol. The number of benzene rings is 2. The molecule has 2 aromatic carbocycles.